The number of rotatable bonds is 5. The number of hydrogen-bond acceptors (Lipinski definition) is 6. The number of thioether (sulfide) groups is 1. The molecule has 1 saturated carbocycles. The molecule has 2 aromatic rings. The van der Waals surface area contributed by atoms with Gasteiger partial charge < -0.3 is 9.73 Å². The van der Waals surface area contributed by atoms with Gasteiger partial charge >= 0.3 is 0 Å². The lowest BCUT2D eigenvalue weighted by Gasteiger charge is -2.09. The van der Waals surface area contributed by atoms with Crippen LogP contribution in [0.4, 0.5) is 5.69 Å². The molecule has 0 bridgehead atoms. The topological polar surface area (TPSA) is 91.8 Å². The van der Waals surface area contributed by atoms with E-state index in [1.54, 1.807) is 31.2 Å². The van der Waals surface area contributed by atoms with Gasteiger partial charge in [-0.15, -0.1) is 10.2 Å². The zero-order valence-electron chi connectivity index (χ0n) is 11.9. The molecule has 112 valence electrons. The predicted octanol–water partition coefficient (Wildman–Crippen LogP) is 2.94. The highest BCUT2D eigenvalue weighted by Crippen LogP contribution is 2.40. The Morgan fingerprint density at radius 1 is 1.41 bits per heavy atom. The first kappa shape index (κ1) is 14.6. The molecule has 0 radical (unpaired) electrons. The van der Waals surface area contributed by atoms with E-state index in [1.165, 1.54) is 11.8 Å². The number of nitriles is 1. The van der Waals surface area contributed by atoms with Crippen molar-refractivity contribution >= 4 is 23.4 Å². The number of benzene rings is 1. The molecule has 1 amide bonds. The highest BCUT2D eigenvalue weighted by Gasteiger charge is 2.30. The summed E-state index contributed by atoms with van der Waals surface area (Å²) in [6.45, 7) is 1.78. The van der Waals surface area contributed by atoms with Crippen molar-refractivity contribution in [3.8, 4) is 6.07 Å². The van der Waals surface area contributed by atoms with Gasteiger partial charge in [0, 0.05) is 11.6 Å². The molecular formula is C15H14N4O2S. The van der Waals surface area contributed by atoms with Gasteiger partial charge in [0.1, 0.15) is 0 Å². The van der Waals surface area contributed by atoms with Crippen LogP contribution < -0.4 is 5.32 Å². The van der Waals surface area contributed by atoms with Crippen LogP contribution in [-0.2, 0) is 4.79 Å². The quantitative estimate of drug-likeness (QED) is 0.853. The second kappa shape index (κ2) is 6.20. The second-order valence-corrected chi connectivity index (χ2v) is 6.41. The fraction of sp³-hybridized carbons (Fsp3) is 0.333. The molecule has 1 aromatic carbocycles. The minimum absolute atomic E-state index is 0.152. The average Bonchev–Trinajstić information content (AvgIpc) is 3.28. The lowest BCUT2D eigenvalue weighted by molar-refractivity contribution is -0.115. The summed E-state index contributed by atoms with van der Waals surface area (Å²) in [5, 5.41) is 19.6. The Morgan fingerprint density at radius 2 is 2.14 bits per heavy atom. The van der Waals surface area contributed by atoms with Gasteiger partial charge in [-0.25, -0.2) is 0 Å². The van der Waals surface area contributed by atoms with E-state index in [9.17, 15) is 4.79 Å². The molecule has 6 nitrogen and oxygen atoms in total. The van der Waals surface area contributed by atoms with Gasteiger partial charge in [0.05, 0.1) is 16.9 Å². The summed E-state index contributed by atoms with van der Waals surface area (Å²) in [4.78, 5) is 12.1. The van der Waals surface area contributed by atoms with Crippen LogP contribution in [-0.4, -0.2) is 21.4 Å². The van der Waals surface area contributed by atoms with Crippen LogP contribution in [0, 0.1) is 11.3 Å². The third-order valence-corrected chi connectivity index (χ3v) is 4.21. The maximum Gasteiger partial charge on any atom is 0.277 e. The van der Waals surface area contributed by atoms with Gasteiger partial charge in [0.25, 0.3) is 5.22 Å². The number of carbonyl (C=O) groups is 1. The molecule has 7 heteroatoms. The molecule has 0 spiro atoms. The molecule has 1 N–H and O–H groups in total. The number of carbonyl (C=O) groups excluding carboxylic acids is 1. The van der Waals surface area contributed by atoms with E-state index < -0.39 is 0 Å². The molecule has 0 saturated heterocycles. The monoisotopic (exact) mass is 314 g/mol. The van der Waals surface area contributed by atoms with E-state index in [1.807, 2.05) is 6.07 Å². The summed E-state index contributed by atoms with van der Waals surface area (Å²) < 4.78 is 5.53. The van der Waals surface area contributed by atoms with Crippen LogP contribution in [0.25, 0.3) is 0 Å². The normalized spacial score (nSPS) is 15.1. The van der Waals surface area contributed by atoms with Crippen molar-refractivity contribution in [2.45, 2.75) is 36.2 Å². The van der Waals surface area contributed by atoms with Crippen molar-refractivity contribution in [2.24, 2.45) is 0 Å². The molecule has 1 fully saturated rings. The maximum atomic E-state index is 12.1. The van der Waals surface area contributed by atoms with Crippen molar-refractivity contribution < 1.29 is 9.21 Å². The molecule has 3 rings (SSSR count). The van der Waals surface area contributed by atoms with Crippen LogP contribution in [0.2, 0.25) is 0 Å². The average molecular weight is 314 g/mol. The fourth-order valence-electron chi connectivity index (χ4n) is 1.84. The van der Waals surface area contributed by atoms with Crippen molar-refractivity contribution in [2.75, 3.05) is 5.32 Å². The van der Waals surface area contributed by atoms with Crippen molar-refractivity contribution in [3.63, 3.8) is 0 Å². The third kappa shape index (κ3) is 3.46. The standard InChI is InChI=1S/C15H14N4O2S/c1-9(22-15-19-18-14(21-15)11-4-5-11)13(20)17-12-6-2-10(8-16)3-7-12/h2-3,6-7,9,11H,4-5H2,1H3,(H,17,20)/t9-/m1/s1. The van der Waals surface area contributed by atoms with Crippen molar-refractivity contribution in [1.29, 1.82) is 5.26 Å². The first-order valence-corrected chi connectivity index (χ1v) is 7.85. The van der Waals surface area contributed by atoms with Gasteiger partial charge in [-0.1, -0.05) is 11.8 Å². The highest BCUT2D eigenvalue weighted by atomic mass is 32.2. The predicted molar refractivity (Wildman–Crippen MR) is 81.4 cm³/mol. The minimum atomic E-state index is -0.358. The summed E-state index contributed by atoms with van der Waals surface area (Å²) in [7, 11) is 0. The fourth-order valence-corrected chi connectivity index (χ4v) is 2.53. The molecule has 1 heterocycles. The molecule has 1 aliphatic carbocycles. The largest absolute Gasteiger partial charge is 0.416 e. The number of amides is 1. The lowest BCUT2D eigenvalue weighted by atomic mass is 10.2. The van der Waals surface area contributed by atoms with E-state index in [4.69, 9.17) is 9.68 Å². The maximum absolute atomic E-state index is 12.1. The van der Waals surface area contributed by atoms with Gasteiger partial charge in [0.15, 0.2) is 0 Å². The Hall–Kier alpha value is -2.33. The number of nitrogens with one attached hydrogen (secondary N) is 1. The second-order valence-electron chi connectivity index (χ2n) is 5.12. The minimum Gasteiger partial charge on any atom is -0.416 e. The van der Waals surface area contributed by atoms with E-state index in [0.717, 1.165) is 12.8 Å². The van der Waals surface area contributed by atoms with E-state index in [0.29, 0.717) is 28.3 Å². The number of anilines is 1. The summed E-state index contributed by atoms with van der Waals surface area (Å²) >= 11 is 1.24. The zero-order chi connectivity index (χ0) is 15.5. The van der Waals surface area contributed by atoms with Crippen LogP contribution in [0.3, 0.4) is 0 Å². The Kier molecular flexibility index (Phi) is 4.11. The van der Waals surface area contributed by atoms with Gasteiger partial charge in [0.2, 0.25) is 11.8 Å². The first-order valence-electron chi connectivity index (χ1n) is 6.97. The third-order valence-electron chi connectivity index (χ3n) is 3.28. The molecule has 22 heavy (non-hydrogen) atoms. The highest BCUT2D eigenvalue weighted by molar-refractivity contribution is 8.00. The van der Waals surface area contributed by atoms with E-state index in [-0.39, 0.29) is 11.2 Å². The van der Waals surface area contributed by atoms with E-state index in [2.05, 4.69) is 15.5 Å². The van der Waals surface area contributed by atoms with Crippen molar-refractivity contribution in [1.82, 2.24) is 10.2 Å². The Labute approximate surface area is 131 Å². The number of aromatic nitrogens is 2. The molecule has 0 unspecified atom stereocenters. The summed E-state index contributed by atoms with van der Waals surface area (Å²) in [5.74, 6) is 0.924. The molecule has 1 aromatic heterocycles. The van der Waals surface area contributed by atoms with Crippen LogP contribution in [0.1, 0.15) is 37.1 Å². The smallest absolute Gasteiger partial charge is 0.277 e. The van der Waals surface area contributed by atoms with Crippen molar-refractivity contribution in [3.05, 3.63) is 35.7 Å². The SMILES string of the molecule is C[C@@H](Sc1nnc(C2CC2)o1)C(=O)Nc1ccc(C#N)cc1. The number of nitrogens with zero attached hydrogens (tertiary/aromatic N) is 3. The van der Waals surface area contributed by atoms with Crippen LogP contribution in [0.15, 0.2) is 33.9 Å². The molecule has 1 atom stereocenters. The Balaban J connectivity index is 1.57. The Bertz CT molecular complexity index is 716. The molecular weight excluding hydrogens is 300 g/mol. The number of hydrogen-bond donors (Lipinski definition) is 1. The van der Waals surface area contributed by atoms with Crippen LogP contribution in [0.5, 0.6) is 0 Å². The van der Waals surface area contributed by atoms with Gasteiger partial charge in [-0.05, 0) is 44.0 Å². The van der Waals surface area contributed by atoms with Gasteiger partial charge in [-0.2, -0.15) is 5.26 Å². The first-order chi connectivity index (χ1) is 10.7. The Morgan fingerprint density at radius 3 is 2.77 bits per heavy atom. The van der Waals surface area contributed by atoms with Gasteiger partial charge in [-0.3, -0.25) is 4.79 Å². The van der Waals surface area contributed by atoms with E-state index >= 15 is 0 Å². The molecule has 1 aliphatic rings. The summed E-state index contributed by atoms with van der Waals surface area (Å²) in [6.07, 6.45) is 2.20. The summed E-state index contributed by atoms with van der Waals surface area (Å²) in [5.41, 5.74) is 1.21. The lowest BCUT2D eigenvalue weighted by Crippen LogP contribution is -2.22. The zero-order valence-corrected chi connectivity index (χ0v) is 12.8. The van der Waals surface area contributed by atoms with Crippen LogP contribution >= 0.6 is 11.8 Å². The molecule has 0 aliphatic heterocycles. The summed E-state index contributed by atoms with van der Waals surface area (Å²) in [6, 6.07) is 8.76.